The van der Waals surface area contributed by atoms with Gasteiger partial charge in [0.15, 0.2) is 5.75 Å². The van der Waals surface area contributed by atoms with E-state index in [2.05, 4.69) is 10.6 Å². The average Bonchev–Trinajstić information content (AvgIpc) is 3.07. The number of anilines is 1. The summed E-state index contributed by atoms with van der Waals surface area (Å²) in [5.41, 5.74) is 4.15. The van der Waals surface area contributed by atoms with E-state index in [4.69, 9.17) is 27.9 Å². The Morgan fingerprint density at radius 3 is 2.36 bits per heavy atom. The van der Waals surface area contributed by atoms with Crippen LogP contribution >= 0.6 is 23.2 Å². The van der Waals surface area contributed by atoms with Gasteiger partial charge >= 0.3 is 6.03 Å². The number of nitrogens with zero attached hydrogens (tertiary/aromatic N) is 1. The number of aryl methyl sites for hydroxylation is 2. The minimum Gasteiger partial charge on any atom is -0.486 e. The second kappa shape index (κ2) is 10.8. The van der Waals surface area contributed by atoms with Crippen molar-refractivity contribution in [2.24, 2.45) is 0 Å². The van der Waals surface area contributed by atoms with Crippen molar-refractivity contribution in [3.63, 3.8) is 0 Å². The second-order valence-electron chi connectivity index (χ2n) is 8.39. The maximum atomic E-state index is 12.8. The summed E-state index contributed by atoms with van der Waals surface area (Å²) in [5.74, 6) is -0.810. The normalized spacial score (nSPS) is 14.2. The monoisotopic (exact) mass is 523 g/mol. The quantitative estimate of drug-likeness (QED) is 0.306. The fourth-order valence-electron chi connectivity index (χ4n) is 3.59. The third-order valence-corrected chi connectivity index (χ3v) is 5.96. The molecule has 1 heterocycles. The first kappa shape index (κ1) is 25.3. The van der Waals surface area contributed by atoms with Crippen molar-refractivity contribution in [2.45, 2.75) is 20.5 Å². The maximum Gasteiger partial charge on any atom is 0.329 e. The molecule has 2 N–H and O–H groups in total. The van der Waals surface area contributed by atoms with Gasteiger partial charge in [0.1, 0.15) is 18.8 Å². The molecule has 0 atom stereocenters. The van der Waals surface area contributed by atoms with E-state index in [9.17, 15) is 14.4 Å². The molecule has 4 amide bonds. The van der Waals surface area contributed by atoms with Crippen LogP contribution in [0.15, 0.2) is 66.4 Å². The van der Waals surface area contributed by atoms with Crippen LogP contribution in [0.4, 0.5) is 10.5 Å². The summed E-state index contributed by atoms with van der Waals surface area (Å²) in [5, 5.41) is 5.68. The van der Waals surface area contributed by atoms with Gasteiger partial charge in [0.25, 0.3) is 5.91 Å². The largest absolute Gasteiger partial charge is 0.486 e. The lowest BCUT2D eigenvalue weighted by atomic mass is 10.1. The van der Waals surface area contributed by atoms with Crippen molar-refractivity contribution in [3.8, 4) is 5.75 Å². The van der Waals surface area contributed by atoms with Gasteiger partial charge < -0.3 is 15.4 Å². The molecule has 0 saturated carbocycles. The lowest BCUT2D eigenvalue weighted by Crippen LogP contribution is -2.38. The van der Waals surface area contributed by atoms with Crippen molar-refractivity contribution >= 4 is 52.8 Å². The molecule has 0 radical (unpaired) electrons. The summed E-state index contributed by atoms with van der Waals surface area (Å²) in [6.07, 6.45) is 1.44. The Balaban J connectivity index is 1.43. The third kappa shape index (κ3) is 6.05. The number of urea groups is 1. The highest BCUT2D eigenvalue weighted by molar-refractivity contribution is 6.37. The molecule has 0 spiro atoms. The van der Waals surface area contributed by atoms with Gasteiger partial charge in [-0.3, -0.25) is 9.59 Å². The SMILES string of the molecule is Cc1ccc(COc2c(Cl)cc(/C=C3/NC(=O)N(CC(=O)Nc4cccc(C)c4)C3=O)cc2Cl)cc1. The minimum absolute atomic E-state index is 0.00353. The number of ether oxygens (including phenoxy) is 1. The molecule has 1 fully saturated rings. The standard InChI is InChI=1S/C27H23Cl2N3O4/c1-16-6-8-18(9-7-16)15-36-25-21(28)11-19(12-22(25)29)13-23-26(34)32(27(35)31-23)14-24(33)30-20-5-3-4-17(2)10-20/h3-13H,14-15H2,1-2H3,(H,30,33)(H,31,35)/b23-13+. The smallest absolute Gasteiger partial charge is 0.329 e. The number of nitrogens with one attached hydrogen (secondary N) is 2. The molecule has 4 rings (SSSR count). The van der Waals surface area contributed by atoms with Gasteiger partial charge in [-0.1, -0.05) is 65.2 Å². The first-order valence-corrected chi connectivity index (χ1v) is 11.8. The zero-order valence-corrected chi connectivity index (χ0v) is 21.1. The van der Waals surface area contributed by atoms with Crippen LogP contribution in [0.2, 0.25) is 10.0 Å². The number of hydrogen-bond acceptors (Lipinski definition) is 4. The molecule has 1 aliphatic rings. The van der Waals surface area contributed by atoms with E-state index in [1.807, 2.05) is 44.2 Å². The highest BCUT2D eigenvalue weighted by Gasteiger charge is 2.35. The Hall–Kier alpha value is -3.81. The molecule has 0 aromatic heterocycles. The molecule has 1 saturated heterocycles. The van der Waals surface area contributed by atoms with E-state index in [0.717, 1.165) is 21.6 Å². The highest BCUT2D eigenvalue weighted by Crippen LogP contribution is 2.35. The molecule has 3 aromatic carbocycles. The predicted molar refractivity (Wildman–Crippen MR) is 140 cm³/mol. The molecule has 0 bridgehead atoms. The summed E-state index contributed by atoms with van der Waals surface area (Å²) < 4.78 is 5.80. The van der Waals surface area contributed by atoms with Crippen molar-refractivity contribution in [3.05, 3.63) is 98.7 Å². The number of imide groups is 1. The molecule has 9 heteroatoms. The van der Waals surface area contributed by atoms with Crippen LogP contribution in [0.5, 0.6) is 5.75 Å². The van der Waals surface area contributed by atoms with Gasteiger partial charge in [0, 0.05) is 5.69 Å². The summed E-state index contributed by atoms with van der Waals surface area (Å²) >= 11 is 12.8. The van der Waals surface area contributed by atoms with E-state index in [-0.39, 0.29) is 22.3 Å². The fourth-order valence-corrected chi connectivity index (χ4v) is 4.20. The Kier molecular flexibility index (Phi) is 7.62. The summed E-state index contributed by atoms with van der Waals surface area (Å²) in [4.78, 5) is 38.4. The van der Waals surface area contributed by atoms with Crippen LogP contribution in [0.25, 0.3) is 6.08 Å². The Labute approximate surface area is 218 Å². The first-order chi connectivity index (χ1) is 17.2. The van der Waals surface area contributed by atoms with Crippen LogP contribution in [0.1, 0.15) is 22.3 Å². The molecule has 36 heavy (non-hydrogen) atoms. The van der Waals surface area contributed by atoms with Crippen molar-refractivity contribution in [2.75, 3.05) is 11.9 Å². The van der Waals surface area contributed by atoms with Gasteiger partial charge in [-0.05, 0) is 60.9 Å². The van der Waals surface area contributed by atoms with Crippen LogP contribution in [0, 0.1) is 13.8 Å². The zero-order chi connectivity index (χ0) is 25.8. The number of benzene rings is 3. The number of amides is 4. The zero-order valence-electron chi connectivity index (χ0n) is 19.6. The summed E-state index contributed by atoms with van der Waals surface area (Å²) in [7, 11) is 0. The average molecular weight is 524 g/mol. The number of rotatable bonds is 7. The molecule has 1 aliphatic heterocycles. The Bertz CT molecular complexity index is 1350. The maximum absolute atomic E-state index is 12.8. The summed E-state index contributed by atoms with van der Waals surface area (Å²) in [6, 6.07) is 17.6. The van der Waals surface area contributed by atoms with Crippen LogP contribution in [-0.4, -0.2) is 29.3 Å². The third-order valence-electron chi connectivity index (χ3n) is 5.40. The van der Waals surface area contributed by atoms with Crippen molar-refractivity contribution in [1.29, 1.82) is 0 Å². The topological polar surface area (TPSA) is 87.7 Å². The van der Waals surface area contributed by atoms with Crippen molar-refractivity contribution in [1.82, 2.24) is 10.2 Å². The molecule has 3 aromatic rings. The fraction of sp³-hybridized carbons (Fsp3) is 0.148. The Morgan fingerprint density at radius 1 is 1.00 bits per heavy atom. The van der Waals surface area contributed by atoms with Crippen LogP contribution in [0.3, 0.4) is 0 Å². The molecular weight excluding hydrogens is 501 g/mol. The lowest BCUT2D eigenvalue weighted by molar-refractivity contribution is -0.127. The summed E-state index contributed by atoms with van der Waals surface area (Å²) in [6.45, 7) is 3.76. The Morgan fingerprint density at radius 2 is 1.69 bits per heavy atom. The van der Waals surface area contributed by atoms with Crippen LogP contribution in [-0.2, 0) is 16.2 Å². The van der Waals surface area contributed by atoms with E-state index in [1.54, 1.807) is 30.3 Å². The predicted octanol–water partition coefficient (Wildman–Crippen LogP) is 5.72. The number of hydrogen-bond donors (Lipinski definition) is 2. The molecule has 7 nitrogen and oxygen atoms in total. The molecular formula is C27H23Cl2N3O4. The van der Waals surface area contributed by atoms with E-state index in [1.165, 1.54) is 6.08 Å². The van der Waals surface area contributed by atoms with E-state index < -0.39 is 24.4 Å². The molecule has 0 unspecified atom stereocenters. The lowest BCUT2D eigenvalue weighted by Gasteiger charge is -2.12. The van der Waals surface area contributed by atoms with E-state index in [0.29, 0.717) is 17.0 Å². The molecule has 184 valence electrons. The number of carbonyl (C=O) groups is 3. The highest BCUT2D eigenvalue weighted by atomic mass is 35.5. The number of halogens is 2. The van der Waals surface area contributed by atoms with E-state index >= 15 is 0 Å². The van der Waals surface area contributed by atoms with Gasteiger partial charge in [-0.15, -0.1) is 0 Å². The first-order valence-electron chi connectivity index (χ1n) is 11.1. The van der Waals surface area contributed by atoms with Crippen LogP contribution < -0.4 is 15.4 Å². The van der Waals surface area contributed by atoms with Gasteiger partial charge in [-0.25, -0.2) is 9.69 Å². The van der Waals surface area contributed by atoms with Crippen molar-refractivity contribution < 1.29 is 19.1 Å². The van der Waals surface area contributed by atoms with Gasteiger partial charge in [0.2, 0.25) is 5.91 Å². The van der Waals surface area contributed by atoms with Gasteiger partial charge in [0.05, 0.1) is 10.0 Å². The minimum atomic E-state index is -0.694. The second-order valence-corrected chi connectivity index (χ2v) is 9.20. The molecule has 0 aliphatic carbocycles. The number of carbonyl (C=O) groups excluding carboxylic acids is 3. The van der Waals surface area contributed by atoms with Gasteiger partial charge in [-0.2, -0.15) is 0 Å².